The van der Waals surface area contributed by atoms with Crippen LogP contribution >= 0.6 is 0 Å². The SMILES string of the molecule is CCN(Cc1nc2ccccc2c(=O)[nH]1)C(=O)C=Cc1ccc(C)o1. The summed E-state index contributed by atoms with van der Waals surface area (Å²) in [4.78, 5) is 33.3. The van der Waals surface area contributed by atoms with E-state index in [1.165, 1.54) is 6.08 Å². The van der Waals surface area contributed by atoms with Gasteiger partial charge in [0.2, 0.25) is 5.91 Å². The lowest BCUT2D eigenvalue weighted by Crippen LogP contribution is -2.30. The Morgan fingerprint density at radius 2 is 2.08 bits per heavy atom. The predicted molar refractivity (Wildman–Crippen MR) is 95.9 cm³/mol. The van der Waals surface area contributed by atoms with Gasteiger partial charge in [-0.15, -0.1) is 0 Å². The summed E-state index contributed by atoms with van der Waals surface area (Å²) in [6, 6.07) is 10.8. The van der Waals surface area contributed by atoms with Crippen molar-refractivity contribution in [3.63, 3.8) is 0 Å². The van der Waals surface area contributed by atoms with E-state index >= 15 is 0 Å². The van der Waals surface area contributed by atoms with E-state index in [0.29, 0.717) is 29.0 Å². The first-order chi connectivity index (χ1) is 12.1. The van der Waals surface area contributed by atoms with Crippen LogP contribution in [0.2, 0.25) is 0 Å². The molecule has 0 unspecified atom stereocenters. The minimum atomic E-state index is -0.203. The Morgan fingerprint density at radius 1 is 1.28 bits per heavy atom. The van der Waals surface area contributed by atoms with Gasteiger partial charge in [-0.05, 0) is 44.2 Å². The van der Waals surface area contributed by atoms with Crippen LogP contribution in [0.4, 0.5) is 0 Å². The summed E-state index contributed by atoms with van der Waals surface area (Å²) in [6.45, 7) is 4.45. The molecule has 6 nitrogen and oxygen atoms in total. The van der Waals surface area contributed by atoms with Gasteiger partial charge >= 0.3 is 0 Å². The average molecular weight is 337 g/mol. The molecule has 0 saturated carbocycles. The molecule has 1 aromatic carbocycles. The number of nitrogens with one attached hydrogen (secondary N) is 1. The molecule has 0 aliphatic carbocycles. The lowest BCUT2D eigenvalue weighted by Gasteiger charge is -2.18. The molecule has 25 heavy (non-hydrogen) atoms. The lowest BCUT2D eigenvalue weighted by atomic mass is 10.2. The maximum atomic E-state index is 12.4. The monoisotopic (exact) mass is 337 g/mol. The Kier molecular flexibility index (Phi) is 4.79. The van der Waals surface area contributed by atoms with Crippen LogP contribution in [-0.2, 0) is 11.3 Å². The molecule has 3 rings (SSSR count). The summed E-state index contributed by atoms with van der Waals surface area (Å²) < 4.78 is 5.41. The third-order valence-corrected chi connectivity index (χ3v) is 3.85. The van der Waals surface area contributed by atoms with Gasteiger partial charge in [-0.3, -0.25) is 9.59 Å². The maximum Gasteiger partial charge on any atom is 0.258 e. The van der Waals surface area contributed by atoms with Crippen molar-refractivity contribution in [2.24, 2.45) is 0 Å². The third-order valence-electron chi connectivity index (χ3n) is 3.85. The summed E-state index contributed by atoms with van der Waals surface area (Å²) in [7, 11) is 0. The van der Waals surface area contributed by atoms with E-state index in [0.717, 1.165) is 5.76 Å². The number of fused-ring (bicyclic) bond motifs is 1. The van der Waals surface area contributed by atoms with Gasteiger partial charge in [-0.1, -0.05) is 12.1 Å². The molecule has 1 amide bonds. The Bertz CT molecular complexity index is 985. The van der Waals surface area contributed by atoms with Crippen molar-refractivity contribution < 1.29 is 9.21 Å². The van der Waals surface area contributed by atoms with Crippen LogP contribution in [-0.4, -0.2) is 27.3 Å². The highest BCUT2D eigenvalue weighted by atomic mass is 16.3. The molecule has 3 aromatic rings. The van der Waals surface area contributed by atoms with Crippen LogP contribution in [0.5, 0.6) is 0 Å². The fraction of sp³-hybridized carbons (Fsp3) is 0.211. The van der Waals surface area contributed by atoms with E-state index in [1.54, 1.807) is 35.2 Å². The quantitative estimate of drug-likeness (QED) is 0.726. The summed E-state index contributed by atoms with van der Waals surface area (Å²) >= 11 is 0. The molecule has 0 radical (unpaired) electrons. The number of carbonyl (C=O) groups excluding carboxylic acids is 1. The summed E-state index contributed by atoms with van der Waals surface area (Å²) in [6.07, 6.45) is 3.09. The molecular formula is C19H19N3O3. The van der Waals surface area contributed by atoms with Crippen molar-refractivity contribution in [1.29, 1.82) is 0 Å². The van der Waals surface area contributed by atoms with E-state index < -0.39 is 0 Å². The number of likely N-dealkylation sites (N-methyl/N-ethyl adjacent to an activating group) is 1. The van der Waals surface area contributed by atoms with Crippen molar-refractivity contribution in [3.8, 4) is 0 Å². The molecule has 0 atom stereocenters. The van der Waals surface area contributed by atoms with Crippen LogP contribution < -0.4 is 5.56 Å². The fourth-order valence-corrected chi connectivity index (χ4v) is 2.54. The first kappa shape index (κ1) is 16.7. The van der Waals surface area contributed by atoms with E-state index in [9.17, 15) is 9.59 Å². The van der Waals surface area contributed by atoms with Gasteiger partial charge in [0.05, 0.1) is 17.4 Å². The highest BCUT2D eigenvalue weighted by Gasteiger charge is 2.12. The number of rotatable bonds is 5. The number of benzene rings is 1. The molecule has 0 aliphatic heterocycles. The topological polar surface area (TPSA) is 79.2 Å². The van der Waals surface area contributed by atoms with Gasteiger partial charge in [0.25, 0.3) is 5.56 Å². The third kappa shape index (κ3) is 3.85. The molecule has 6 heteroatoms. The second-order valence-corrected chi connectivity index (χ2v) is 5.66. The zero-order chi connectivity index (χ0) is 17.8. The fourth-order valence-electron chi connectivity index (χ4n) is 2.54. The van der Waals surface area contributed by atoms with Crippen molar-refractivity contribution in [2.45, 2.75) is 20.4 Å². The molecule has 0 spiro atoms. The number of amides is 1. The van der Waals surface area contributed by atoms with Crippen LogP contribution in [0.1, 0.15) is 24.3 Å². The zero-order valence-corrected chi connectivity index (χ0v) is 14.2. The van der Waals surface area contributed by atoms with Gasteiger partial charge in [0.1, 0.15) is 17.3 Å². The Morgan fingerprint density at radius 3 is 2.80 bits per heavy atom. The maximum absolute atomic E-state index is 12.4. The van der Waals surface area contributed by atoms with Gasteiger partial charge in [-0.2, -0.15) is 0 Å². The highest BCUT2D eigenvalue weighted by Crippen LogP contribution is 2.10. The van der Waals surface area contributed by atoms with Crippen LogP contribution in [0.15, 0.2) is 51.7 Å². The van der Waals surface area contributed by atoms with Crippen molar-refractivity contribution in [3.05, 3.63) is 70.2 Å². The van der Waals surface area contributed by atoms with E-state index in [-0.39, 0.29) is 18.0 Å². The number of nitrogens with zero attached hydrogens (tertiary/aromatic N) is 2. The first-order valence-corrected chi connectivity index (χ1v) is 8.08. The second-order valence-electron chi connectivity index (χ2n) is 5.66. The molecule has 0 aliphatic rings. The minimum absolute atomic E-state index is 0.174. The number of H-pyrrole nitrogens is 1. The highest BCUT2D eigenvalue weighted by molar-refractivity contribution is 5.91. The van der Waals surface area contributed by atoms with Crippen LogP contribution in [0, 0.1) is 6.92 Å². The summed E-state index contributed by atoms with van der Waals surface area (Å²) in [5, 5.41) is 0.536. The molecule has 128 valence electrons. The summed E-state index contributed by atoms with van der Waals surface area (Å²) in [5.74, 6) is 1.70. The van der Waals surface area contributed by atoms with Gasteiger partial charge < -0.3 is 14.3 Å². The smallest absolute Gasteiger partial charge is 0.258 e. The number of aromatic nitrogens is 2. The number of hydrogen-bond acceptors (Lipinski definition) is 4. The second kappa shape index (κ2) is 7.17. The molecule has 0 fully saturated rings. The number of para-hydroxylation sites is 1. The zero-order valence-electron chi connectivity index (χ0n) is 14.2. The Hall–Kier alpha value is -3.15. The molecular weight excluding hydrogens is 318 g/mol. The minimum Gasteiger partial charge on any atom is -0.462 e. The van der Waals surface area contributed by atoms with E-state index in [4.69, 9.17) is 4.42 Å². The van der Waals surface area contributed by atoms with Gasteiger partial charge in [-0.25, -0.2) is 4.98 Å². The van der Waals surface area contributed by atoms with Crippen LogP contribution in [0.25, 0.3) is 17.0 Å². The number of aryl methyl sites for hydroxylation is 1. The van der Waals surface area contributed by atoms with Crippen molar-refractivity contribution in [1.82, 2.24) is 14.9 Å². The first-order valence-electron chi connectivity index (χ1n) is 8.08. The largest absolute Gasteiger partial charge is 0.462 e. The number of aromatic amines is 1. The van der Waals surface area contributed by atoms with Crippen molar-refractivity contribution in [2.75, 3.05) is 6.54 Å². The average Bonchev–Trinajstić information content (AvgIpc) is 3.03. The normalized spacial score (nSPS) is 11.3. The number of carbonyl (C=O) groups is 1. The van der Waals surface area contributed by atoms with Gasteiger partial charge in [0.15, 0.2) is 0 Å². The Balaban J connectivity index is 1.78. The van der Waals surface area contributed by atoms with Crippen LogP contribution in [0.3, 0.4) is 0 Å². The molecule has 0 saturated heterocycles. The molecule has 2 aromatic heterocycles. The molecule has 0 bridgehead atoms. The lowest BCUT2D eigenvalue weighted by molar-refractivity contribution is -0.126. The van der Waals surface area contributed by atoms with Crippen molar-refractivity contribution >= 4 is 22.9 Å². The Labute approximate surface area is 144 Å². The number of furan rings is 1. The van der Waals surface area contributed by atoms with E-state index in [2.05, 4.69) is 9.97 Å². The van der Waals surface area contributed by atoms with Gasteiger partial charge in [0, 0.05) is 12.6 Å². The molecule has 1 N–H and O–H groups in total. The summed E-state index contributed by atoms with van der Waals surface area (Å²) in [5.41, 5.74) is 0.414. The van der Waals surface area contributed by atoms with E-state index in [1.807, 2.05) is 26.0 Å². The molecule has 2 heterocycles. The predicted octanol–water partition coefficient (Wildman–Crippen LogP) is 2.89. The number of hydrogen-bond donors (Lipinski definition) is 1. The standard InChI is InChI=1S/C19H19N3O3/c1-3-22(18(23)11-10-14-9-8-13(2)25-14)12-17-20-16-7-5-4-6-15(16)19(24)21-17/h4-11H,3,12H2,1-2H3,(H,20,21,24).